The molecule has 0 spiro atoms. The lowest BCUT2D eigenvalue weighted by molar-refractivity contribution is 0.0533. The molecule has 0 radical (unpaired) electrons. The van der Waals surface area contributed by atoms with Crippen LogP contribution in [0.4, 0.5) is 0 Å². The predicted molar refractivity (Wildman–Crippen MR) is 88.2 cm³/mol. The Morgan fingerprint density at radius 3 is 2.75 bits per heavy atom. The van der Waals surface area contributed by atoms with E-state index in [1.165, 1.54) is 7.11 Å². The van der Waals surface area contributed by atoms with Crippen molar-refractivity contribution >= 4 is 14.3 Å². The predicted octanol–water partition coefficient (Wildman–Crippen LogP) is 2.14. The van der Waals surface area contributed by atoms with E-state index in [4.69, 9.17) is 24.0 Å². The zero-order valence-corrected chi connectivity index (χ0v) is 14.7. The zero-order valence-electron chi connectivity index (χ0n) is 13.8. The Hall–Kier alpha value is -1.66. The summed E-state index contributed by atoms with van der Waals surface area (Å²) in [4.78, 5) is 29.4. The molecule has 1 heterocycles. The minimum Gasteiger partial charge on any atom is -0.507 e. The lowest BCUT2D eigenvalue weighted by Crippen LogP contribution is -2.03. The molecule has 0 saturated heterocycles. The van der Waals surface area contributed by atoms with Crippen molar-refractivity contribution in [3.63, 3.8) is 0 Å². The van der Waals surface area contributed by atoms with Crippen molar-refractivity contribution in [3.05, 3.63) is 33.9 Å². The molecular formula is C16H21O7P. The molecule has 0 saturated carbocycles. The van der Waals surface area contributed by atoms with E-state index in [1.807, 2.05) is 19.9 Å². The summed E-state index contributed by atoms with van der Waals surface area (Å²) in [5, 5.41) is 10.5. The first kappa shape index (κ1) is 18.7. The van der Waals surface area contributed by atoms with E-state index in [0.717, 1.165) is 11.1 Å². The fraction of sp³-hybridized carbons (Fsp3) is 0.438. The molecule has 0 atom stereocenters. The average Bonchev–Trinajstić information content (AvgIpc) is 2.91. The molecule has 3 N–H and O–H groups in total. The zero-order chi connectivity index (χ0) is 17.9. The number of carbonyl (C=O) groups excluding carboxylic acids is 1. The highest BCUT2D eigenvalue weighted by Crippen LogP contribution is 2.41. The van der Waals surface area contributed by atoms with E-state index in [9.17, 15) is 9.90 Å². The van der Waals surface area contributed by atoms with Gasteiger partial charge >= 0.3 is 5.97 Å². The van der Waals surface area contributed by atoms with Crippen LogP contribution >= 0.6 is 8.38 Å². The lowest BCUT2D eigenvalue weighted by atomic mass is 9.95. The second-order valence-corrected chi connectivity index (χ2v) is 6.52. The molecule has 132 valence electrons. The first-order valence-electron chi connectivity index (χ1n) is 7.33. The van der Waals surface area contributed by atoms with Gasteiger partial charge in [0.2, 0.25) is 0 Å². The molecule has 1 aliphatic heterocycles. The van der Waals surface area contributed by atoms with Crippen LogP contribution < -0.4 is 4.74 Å². The fourth-order valence-electron chi connectivity index (χ4n) is 2.65. The van der Waals surface area contributed by atoms with Crippen molar-refractivity contribution in [2.75, 3.05) is 20.1 Å². The number of benzene rings is 1. The number of aromatic hydroxyl groups is 1. The van der Waals surface area contributed by atoms with Crippen molar-refractivity contribution < 1.29 is 33.9 Å². The quantitative estimate of drug-likeness (QED) is 0.390. The summed E-state index contributed by atoms with van der Waals surface area (Å²) < 4.78 is 15.6. The fourth-order valence-corrected chi connectivity index (χ4v) is 2.91. The molecule has 0 aromatic heterocycles. The Bertz CT molecular complexity index is 667. The lowest BCUT2D eigenvalue weighted by Gasteiger charge is -2.15. The number of allylic oxidation sites excluding steroid dienone is 1. The highest BCUT2D eigenvalue weighted by molar-refractivity contribution is 7.44. The van der Waals surface area contributed by atoms with Gasteiger partial charge in [0.1, 0.15) is 30.0 Å². The van der Waals surface area contributed by atoms with Gasteiger partial charge in [0.15, 0.2) is 8.38 Å². The summed E-state index contributed by atoms with van der Waals surface area (Å²) in [5.41, 5.74) is 3.00. The molecule has 0 aliphatic carbocycles. The minimum absolute atomic E-state index is 0.112. The summed E-state index contributed by atoms with van der Waals surface area (Å²) in [6.07, 6.45) is 2.07. The largest absolute Gasteiger partial charge is 0.507 e. The smallest absolute Gasteiger partial charge is 0.342 e. The summed E-state index contributed by atoms with van der Waals surface area (Å²) >= 11 is 0. The van der Waals surface area contributed by atoms with Gasteiger partial charge in [0.05, 0.1) is 13.7 Å². The number of esters is 1. The molecule has 1 aliphatic rings. The molecule has 2 rings (SSSR count). The number of phenolic OH excluding ortho intramolecular Hbond substituents is 1. The van der Waals surface area contributed by atoms with E-state index >= 15 is 0 Å². The topological polar surface area (TPSA) is 105 Å². The molecule has 24 heavy (non-hydrogen) atoms. The number of methoxy groups -OCH3 is 1. The van der Waals surface area contributed by atoms with Gasteiger partial charge in [0, 0.05) is 11.1 Å². The Morgan fingerprint density at radius 2 is 2.12 bits per heavy atom. The summed E-state index contributed by atoms with van der Waals surface area (Å²) in [5.74, 6) is -0.115. The van der Waals surface area contributed by atoms with Gasteiger partial charge < -0.3 is 29.1 Å². The standard InChI is InChI=1S/C16H21O7P/c1-9(6-22-8-24(19)20)4-5-11-14(17)13-12(7-23-16(13)18)10(2)15(11)21-3/h4,17,19-20H,5-8H2,1-3H3/b9-4+. The highest BCUT2D eigenvalue weighted by Gasteiger charge is 2.31. The van der Waals surface area contributed by atoms with Crippen molar-refractivity contribution in [1.29, 1.82) is 0 Å². The number of fused-ring (bicyclic) bond motifs is 1. The van der Waals surface area contributed by atoms with Crippen molar-refractivity contribution in [3.8, 4) is 11.5 Å². The third-order valence-electron chi connectivity index (χ3n) is 3.84. The Kier molecular flexibility index (Phi) is 6.18. The molecule has 0 fully saturated rings. The van der Waals surface area contributed by atoms with Crippen LogP contribution in [0.3, 0.4) is 0 Å². The molecular weight excluding hydrogens is 335 g/mol. The number of phenols is 1. The van der Waals surface area contributed by atoms with Crippen molar-refractivity contribution in [2.45, 2.75) is 26.9 Å². The molecule has 7 nitrogen and oxygen atoms in total. The first-order chi connectivity index (χ1) is 11.4. The number of hydrogen-bond acceptors (Lipinski definition) is 7. The Balaban J connectivity index is 2.25. The van der Waals surface area contributed by atoms with E-state index < -0.39 is 14.3 Å². The Morgan fingerprint density at radius 1 is 1.42 bits per heavy atom. The molecule has 1 aromatic rings. The molecule has 1 aromatic carbocycles. The second kappa shape index (κ2) is 7.94. The van der Waals surface area contributed by atoms with Crippen LogP contribution in [0.1, 0.15) is 34.0 Å². The van der Waals surface area contributed by atoms with Crippen LogP contribution in [0.5, 0.6) is 11.5 Å². The van der Waals surface area contributed by atoms with Gasteiger partial charge in [0.25, 0.3) is 0 Å². The van der Waals surface area contributed by atoms with Gasteiger partial charge in [-0.15, -0.1) is 0 Å². The van der Waals surface area contributed by atoms with Crippen LogP contribution in [-0.4, -0.2) is 40.9 Å². The first-order valence-corrected chi connectivity index (χ1v) is 8.77. The van der Waals surface area contributed by atoms with E-state index in [0.29, 0.717) is 23.3 Å². The number of rotatable bonds is 7. The summed E-state index contributed by atoms with van der Waals surface area (Å²) in [6.45, 7) is 4.04. The van der Waals surface area contributed by atoms with E-state index in [1.54, 1.807) is 0 Å². The van der Waals surface area contributed by atoms with Gasteiger partial charge in [-0.3, -0.25) is 0 Å². The normalized spacial score (nSPS) is 14.1. The minimum atomic E-state index is -2.07. The van der Waals surface area contributed by atoms with Gasteiger partial charge in [-0.1, -0.05) is 11.6 Å². The maximum absolute atomic E-state index is 11.8. The highest BCUT2D eigenvalue weighted by atomic mass is 31.2. The summed E-state index contributed by atoms with van der Waals surface area (Å²) in [6, 6.07) is 0. The maximum Gasteiger partial charge on any atom is 0.342 e. The van der Waals surface area contributed by atoms with Crippen LogP contribution in [0.2, 0.25) is 0 Å². The molecule has 0 amide bonds. The monoisotopic (exact) mass is 356 g/mol. The molecule has 0 unspecified atom stereocenters. The van der Waals surface area contributed by atoms with Crippen molar-refractivity contribution in [2.24, 2.45) is 0 Å². The summed E-state index contributed by atoms with van der Waals surface area (Å²) in [7, 11) is -0.557. The van der Waals surface area contributed by atoms with Gasteiger partial charge in [-0.25, -0.2) is 4.79 Å². The van der Waals surface area contributed by atoms with Crippen LogP contribution in [0.25, 0.3) is 0 Å². The third-order valence-corrected chi connectivity index (χ3v) is 4.25. The van der Waals surface area contributed by atoms with E-state index in [-0.39, 0.29) is 30.9 Å². The van der Waals surface area contributed by atoms with Gasteiger partial charge in [-0.2, -0.15) is 0 Å². The molecule has 8 heteroatoms. The maximum atomic E-state index is 11.8. The number of carbonyl (C=O) groups is 1. The van der Waals surface area contributed by atoms with E-state index in [2.05, 4.69) is 0 Å². The third kappa shape index (κ3) is 3.87. The number of ether oxygens (including phenoxy) is 3. The number of hydrogen-bond donors (Lipinski definition) is 3. The van der Waals surface area contributed by atoms with Gasteiger partial charge in [-0.05, 0) is 25.8 Å². The Labute approximate surface area is 141 Å². The average molecular weight is 356 g/mol. The van der Waals surface area contributed by atoms with Crippen LogP contribution in [0, 0.1) is 6.92 Å². The number of cyclic esters (lactones) is 1. The van der Waals surface area contributed by atoms with Crippen molar-refractivity contribution in [1.82, 2.24) is 0 Å². The second-order valence-electron chi connectivity index (χ2n) is 5.52. The van der Waals surface area contributed by atoms with Crippen LogP contribution in [-0.2, 0) is 22.5 Å². The van der Waals surface area contributed by atoms with Crippen LogP contribution in [0.15, 0.2) is 11.6 Å². The molecule has 0 bridgehead atoms. The SMILES string of the molecule is COc1c(C)c2c(c(O)c1C/C=C(\C)COCP(O)O)C(=O)OC2.